The summed E-state index contributed by atoms with van der Waals surface area (Å²) < 4.78 is 0. The number of nitrogens with zero attached hydrogens (tertiary/aromatic N) is 2. The maximum atomic E-state index is 13.4. The van der Waals surface area contributed by atoms with Crippen LogP contribution in [0.1, 0.15) is 17.3 Å². The van der Waals surface area contributed by atoms with Gasteiger partial charge in [-0.25, -0.2) is 4.98 Å². The Kier molecular flexibility index (Phi) is 4.05. The molecule has 25 heavy (non-hydrogen) atoms. The fourth-order valence-corrected chi connectivity index (χ4v) is 4.17. The molecule has 1 aromatic carbocycles. The van der Waals surface area contributed by atoms with E-state index in [1.165, 1.54) is 6.07 Å². The molecule has 0 fully saturated rings. The standard InChI is InChI=1S/C19H17N3O2S/c1-12-10-22(15-6-2-3-7-16(15)25-11-12)19(24)14-9-17(23)21-18-13(14)5-4-8-20-18/h2-9,12H,10-11H2,1H3,(H,20,21,23). The molecule has 0 saturated carbocycles. The zero-order valence-corrected chi connectivity index (χ0v) is 14.5. The zero-order valence-electron chi connectivity index (χ0n) is 13.7. The Morgan fingerprint density at radius 2 is 2.12 bits per heavy atom. The molecule has 3 heterocycles. The lowest BCUT2D eigenvalue weighted by Crippen LogP contribution is -2.35. The number of H-pyrrole nitrogens is 1. The van der Waals surface area contributed by atoms with Gasteiger partial charge in [0.15, 0.2) is 0 Å². The van der Waals surface area contributed by atoms with Gasteiger partial charge in [-0.3, -0.25) is 9.59 Å². The molecule has 0 radical (unpaired) electrons. The predicted octanol–water partition coefficient (Wildman–Crippen LogP) is 3.31. The summed E-state index contributed by atoms with van der Waals surface area (Å²) in [6.45, 7) is 2.76. The van der Waals surface area contributed by atoms with Crippen LogP contribution in [0.25, 0.3) is 11.0 Å². The molecule has 126 valence electrons. The van der Waals surface area contributed by atoms with E-state index < -0.39 is 0 Å². The van der Waals surface area contributed by atoms with Gasteiger partial charge < -0.3 is 9.88 Å². The Morgan fingerprint density at radius 1 is 1.28 bits per heavy atom. The first-order valence-electron chi connectivity index (χ1n) is 8.15. The van der Waals surface area contributed by atoms with Gasteiger partial charge in [0, 0.05) is 34.8 Å². The minimum atomic E-state index is -0.319. The van der Waals surface area contributed by atoms with Crippen molar-refractivity contribution in [2.45, 2.75) is 11.8 Å². The highest BCUT2D eigenvalue weighted by molar-refractivity contribution is 7.99. The van der Waals surface area contributed by atoms with Crippen molar-refractivity contribution in [3.8, 4) is 0 Å². The third-order valence-electron chi connectivity index (χ3n) is 4.26. The number of aromatic amines is 1. The number of anilines is 1. The Labute approximate surface area is 149 Å². The lowest BCUT2D eigenvalue weighted by Gasteiger charge is -2.24. The van der Waals surface area contributed by atoms with Crippen molar-refractivity contribution in [3.63, 3.8) is 0 Å². The van der Waals surface area contributed by atoms with Crippen LogP contribution in [0.2, 0.25) is 0 Å². The van der Waals surface area contributed by atoms with Crippen molar-refractivity contribution >= 4 is 34.4 Å². The van der Waals surface area contributed by atoms with Gasteiger partial charge >= 0.3 is 0 Å². The van der Waals surface area contributed by atoms with Crippen LogP contribution in [-0.4, -0.2) is 28.2 Å². The van der Waals surface area contributed by atoms with E-state index in [0.29, 0.717) is 29.1 Å². The fourth-order valence-electron chi connectivity index (χ4n) is 3.10. The molecule has 2 aromatic heterocycles. The molecule has 3 aromatic rings. The smallest absolute Gasteiger partial charge is 0.259 e. The fraction of sp³-hybridized carbons (Fsp3) is 0.211. The van der Waals surface area contributed by atoms with Gasteiger partial charge in [0.2, 0.25) is 5.56 Å². The van der Waals surface area contributed by atoms with Gasteiger partial charge in [-0.05, 0) is 30.2 Å². The molecular formula is C19H17N3O2S. The highest BCUT2D eigenvalue weighted by Gasteiger charge is 2.27. The highest BCUT2D eigenvalue weighted by Crippen LogP contribution is 2.36. The first-order valence-corrected chi connectivity index (χ1v) is 9.14. The van der Waals surface area contributed by atoms with Crippen molar-refractivity contribution in [2.75, 3.05) is 17.2 Å². The molecule has 0 bridgehead atoms. The lowest BCUT2D eigenvalue weighted by molar-refractivity contribution is 0.0985. The normalized spacial score (nSPS) is 17.2. The number of carbonyl (C=O) groups is 1. The third kappa shape index (κ3) is 2.93. The molecule has 1 atom stereocenters. The maximum Gasteiger partial charge on any atom is 0.259 e. The van der Waals surface area contributed by atoms with E-state index in [9.17, 15) is 9.59 Å². The van der Waals surface area contributed by atoms with Crippen LogP contribution in [0, 0.1) is 5.92 Å². The number of aromatic nitrogens is 2. The molecule has 5 nitrogen and oxygen atoms in total. The number of fused-ring (bicyclic) bond motifs is 2. The lowest BCUT2D eigenvalue weighted by atomic mass is 10.1. The monoisotopic (exact) mass is 351 g/mol. The van der Waals surface area contributed by atoms with Crippen molar-refractivity contribution in [3.05, 3.63) is 64.6 Å². The second kappa shape index (κ2) is 6.37. The summed E-state index contributed by atoms with van der Waals surface area (Å²) in [4.78, 5) is 35.1. The Bertz CT molecular complexity index is 1010. The summed E-state index contributed by atoms with van der Waals surface area (Å²) in [7, 11) is 0. The van der Waals surface area contributed by atoms with E-state index in [1.54, 1.807) is 28.9 Å². The summed E-state index contributed by atoms with van der Waals surface area (Å²) in [6.07, 6.45) is 1.60. The van der Waals surface area contributed by atoms with E-state index in [-0.39, 0.29) is 11.5 Å². The summed E-state index contributed by atoms with van der Waals surface area (Å²) in [6, 6.07) is 12.9. The minimum absolute atomic E-state index is 0.161. The molecule has 0 spiro atoms. The second-order valence-corrected chi connectivity index (χ2v) is 7.31. The number of benzene rings is 1. The number of rotatable bonds is 1. The average molecular weight is 351 g/mol. The first-order chi connectivity index (χ1) is 12.1. The Balaban J connectivity index is 1.87. The largest absolute Gasteiger partial charge is 0.307 e. The van der Waals surface area contributed by atoms with E-state index >= 15 is 0 Å². The molecular weight excluding hydrogens is 334 g/mol. The zero-order chi connectivity index (χ0) is 17.4. The summed E-state index contributed by atoms with van der Waals surface area (Å²) in [5.41, 5.74) is 1.41. The molecule has 1 N–H and O–H groups in total. The molecule has 1 unspecified atom stereocenters. The predicted molar refractivity (Wildman–Crippen MR) is 100 cm³/mol. The molecule has 6 heteroatoms. The summed E-state index contributed by atoms with van der Waals surface area (Å²) in [5, 5.41) is 0.661. The molecule has 4 rings (SSSR count). The van der Waals surface area contributed by atoms with Gasteiger partial charge in [-0.2, -0.15) is 0 Å². The van der Waals surface area contributed by atoms with Crippen molar-refractivity contribution in [1.29, 1.82) is 0 Å². The quantitative estimate of drug-likeness (QED) is 0.730. The number of carbonyl (C=O) groups excluding carboxylic acids is 1. The van der Waals surface area contributed by atoms with Gasteiger partial charge in [0.1, 0.15) is 5.65 Å². The number of thioether (sulfide) groups is 1. The summed E-state index contributed by atoms with van der Waals surface area (Å²) >= 11 is 1.77. The SMILES string of the molecule is CC1CSc2ccccc2N(C(=O)c2cc(=O)[nH]c3ncccc23)C1. The van der Waals surface area contributed by atoms with Gasteiger partial charge in [0.05, 0.1) is 11.3 Å². The van der Waals surface area contributed by atoms with Crippen LogP contribution in [0.15, 0.2) is 58.4 Å². The number of pyridine rings is 2. The van der Waals surface area contributed by atoms with Crippen LogP contribution in [0.3, 0.4) is 0 Å². The third-order valence-corrected chi connectivity index (χ3v) is 5.66. The Morgan fingerprint density at radius 3 is 3.00 bits per heavy atom. The van der Waals surface area contributed by atoms with Gasteiger partial charge in [-0.15, -0.1) is 11.8 Å². The van der Waals surface area contributed by atoms with E-state index in [2.05, 4.69) is 16.9 Å². The number of para-hydroxylation sites is 1. The van der Waals surface area contributed by atoms with E-state index in [4.69, 9.17) is 0 Å². The first kappa shape index (κ1) is 15.9. The van der Waals surface area contributed by atoms with Crippen molar-refractivity contribution in [1.82, 2.24) is 9.97 Å². The van der Waals surface area contributed by atoms with Gasteiger partial charge in [0.25, 0.3) is 5.91 Å². The van der Waals surface area contributed by atoms with Crippen LogP contribution in [-0.2, 0) is 0 Å². The minimum Gasteiger partial charge on any atom is -0.307 e. The summed E-state index contributed by atoms with van der Waals surface area (Å²) in [5.74, 6) is 1.15. The van der Waals surface area contributed by atoms with Crippen LogP contribution in [0.5, 0.6) is 0 Å². The highest BCUT2D eigenvalue weighted by atomic mass is 32.2. The number of hydrogen-bond donors (Lipinski definition) is 1. The molecule has 1 aliphatic rings. The molecule has 1 amide bonds. The molecule has 1 aliphatic heterocycles. The average Bonchev–Trinajstić information content (AvgIpc) is 2.80. The topological polar surface area (TPSA) is 66.1 Å². The van der Waals surface area contributed by atoms with Crippen molar-refractivity contribution < 1.29 is 4.79 Å². The van der Waals surface area contributed by atoms with E-state index in [1.807, 2.05) is 30.3 Å². The van der Waals surface area contributed by atoms with Crippen LogP contribution >= 0.6 is 11.8 Å². The van der Waals surface area contributed by atoms with E-state index in [0.717, 1.165) is 16.3 Å². The number of amides is 1. The maximum absolute atomic E-state index is 13.4. The second-order valence-electron chi connectivity index (χ2n) is 6.25. The molecule has 0 aliphatic carbocycles. The number of nitrogens with one attached hydrogen (secondary N) is 1. The number of hydrogen-bond acceptors (Lipinski definition) is 4. The van der Waals surface area contributed by atoms with Crippen molar-refractivity contribution in [2.24, 2.45) is 5.92 Å². The Hall–Kier alpha value is -2.60. The van der Waals surface area contributed by atoms with Crippen LogP contribution < -0.4 is 10.5 Å². The van der Waals surface area contributed by atoms with Gasteiger partial charge in [-0.1, -0.05) is 19.1 Å². The molecule has 0 saturated heterocycles. The van der Waals surface area contributed by atoms with Crippen LogP contribution in [0.4, 0.5) is 5.69 Å².